The summed E-state index contributed by atoms with van der Waals surface area (Å²) in [5, 5.41) is 6.04. The number of carbonyl (C=O) groups excluding carboxylic acids is 3. The van der Waals surface area contributed by atoms with Crippen LogP contribution in [-0.2, 0) is 4.79 Å². The Bertz CT molecular complexity index is 1560. The van der Waals surface area contributed by atoms with Crippen molar-refractivity contribution in [2.75, 3.05) is 67.5 Å². The summed E-state index contributed by atoms with van der Waals surface area (Å²) < 4.78 is 11.7. The van der Waals surface area contributed by atoms with E-state index in [9.17, 15) is 14.4 Å². The summed E-state index contributed by atoms with van der Waals surface area (Å²) in [5.41, 5.74) is 4.33. The van der Waals surface area contributed by atoms with E-state index >= 15 is 0 Å². The van der Waals surface area contributed by atoms with Crippen LogP contribution in [0.2, 0.25) is 0 Å². The molecular formula is C35H44N6O5. The van der Waals surface area contributed by atoms with E-state index in [2.05, 4.69) is 56.6 Å². The van der Waals surface area contributed by atoms with E-state index in [1.54, 1.807) is 6.07 Å². The van der Waals surface area contributed by atoms with Crippen molar-refractivity contribution in [2.45, 2.75) is 58.3 Å². The number of carbonyl (C=O) groups is 3. The van der Waals surface area contributed by atoms with E-state index in [0.29, 0.717) is 55.4 Å². The lowest BCUT2D eigenvalue weighted by molar-refractivity contribution is -0.127. The number of aromatic nitrogens is 1. The van der Waals surface area contributed by atoms with Crippen LogP contribution in [0.1, 0.15) is 83.7 Å². The first kappa shape index (κ1) is 31.4. The summed E-state index contributed by atoms with van der Waals surface area (Å²) in [7, 11) is 0. The van der Waals surface area contributed by atoms with Gasteiger partial charge >= 0.3 is 0 Å². The summed E-state index contributed by atoms with van der Waals surface area (Å²) in [6.45, 7) is 9.47. The number of benzene rings is 2. The molecule has 3 fully saturated rings. The van der Waals surface area contributed by atoms with Gasteiger partial charge in [-0.15, -0.1) is 0 Å². The van der Waals surface area contributed by atoms with Crippen LogP contribution in [0.3, 0.4) is 0 Å². The van der Waals surface area contributed by atoms with Gasteiger partial charge in [0.2, 0.25) is 5.91 Å². The maximum absolute atomic E-state index is 13.6. The van der Waals surface area contributed by atoms with Crippen LogP contribution >= 0.6 is 0 Å². The number of amides is 3. The molecule has 3 heterocycles. The monoisotopic (exact) mass is 628 g/mol. The molecule has 11 heteroatoms. The fourth-order valence-electron chi connectivity index (χ4n) is 6.15. The summed E-state index contributed by atoms with van der Waals surface area (Å²) in [6, 6.07) is 12.0. The zero-order valence-corrected chi connectivity index (χ0v) is 26.8. The first-order valence-electron chi connectivity index (χ1n) is 16.6. The Balaban J connectivity index is 1.24. The largest absolute Gasteiger partial charge is 0.493 e. The minimum atomic E-state index is -0.390. The molecule has 2 aliphatic heterocycles. The Morgan fingerprint density at radius 1 is 1.02 bits per heavy atom. The van der Waals surface area contributed by atoms with Gasteiger partial charge in [0, 0.05) is 69.9 Å². The molecular weight excluding hydrogens is 584 g/mol. The molecule has 3 aliphatic rings. The molecule has 11 nitrogen and oxygen atoms in total. The van der Waals surface area contributed by atoms with Crippen molar-refractivity contribution in [3.8, 4) is 5.75 Å². The zero-order valence-electron chi connectivity index (χ0n) is 26.8. The Hall–Kier alpha value is -4.54. The molecule has 2 aromatic carbocycles. The summed E-state index contributed by atoms with van der Waals surface area (Å²) in [4.78, 5) is 49.9. The molecule has 2 N–H and O–H groups in total. The fraction of sp³-hybridized carbons (Fsp3) is 0.486. The quantitative estimate of drug-likeness (QED) is 0.255. The zero-order chi connectivity index (χ0) is 32.0. The van der Waals surface area contributed by atoms with E-state index < -0.39 is 0 Å². The van der Waals surface area contributed by atoms with Crippen LogP contribution in [-0.4, -0.2) is 80.0 Å². The molecule has 6 rings (SSSR count). The predicted molar refractivity (Wildman–Crippen MR) is 177 cm³/mol. The van der Waals surface area contributed by atoms with E-state index in [1.165, 1.54) is 17.5 Å². The van der Waals surface area contributed by atoms with Gasteiger partial charge in [-0.2, -0.15) is 0 Å². The Morgan fingerprint density at radius 3 is 2.48 bits per heavy atom. The average molecular weight is 629 g/mol. The van der Waals surface area contributed by atoms with Crippen molar-refractivity contribution < 1.29 is 23.5 Å². The lowest BCUT2D eigenvalue weighted by atomic mass is 10.1. The number of anilines is 3. The number of nitrogens with one attached hydrogen (secondary N) is 2. The molecule has 0 spiro atoms. The molecule has 244 valence electrons. The lowest BCUT2D eigenvalue weighted by Gasteiger charge is -2.39. The van der Waals surface area contributed by atoms with Crippen LogP contribution in [0.4, 0.5) is 17.1 Å². The van der Waals surface area contributed by atoms with E-state index in [4.69, 9.17) is 9.15 Å². The second-order valence-electron chi connectivity index (χ2n) is 12.4. The third kappa shape index (κ3) is 7.29. The normalized spacial score (nSPS) is 16.6. The number of ether oxygens (including phenoxy) is 1. The second kappa shape index (κ2) is 14.3. The van der Waals surface area contributed by atoms with Crippen molar-refractivity contribution in [1.82, 2.24) is 15.2 Å². The molecule has 0 unspecified atom stereocenters. The van der Waals surface area contributed by atoms with Gasteiger partial charge in [0.25, 0.3) is 11.8 Å². The van der Waals surface area contributed by atoms with Crippen molar-refractivity contribution >= 4 is 34.8 Å². The van der Waals surface area contributed by atoms with Gasteiger partial charge in [-0.1, -0.05) is 25.1 Å². The third-order valence-corrected chi connectivity index (χ3v) is 8.87. The third-order valence-electron chi connectivity index (χ3n) is 8.87. The topological polar surface area (TPSA) is 120 Å². The first-order valence-corrected chi connectivity index (χ1v) is 16.6. The fourth-order valence-corrected chi connectivity index (χ4v) is 6.15. The van der Waals surface area contributed by atoms with Crippen LogP contribution in [0.15, 0.2) is 47.1 Å². The smallest absolute Gasteiger partial charge is 0.277 e. The van der Waals surface area contributed by atoms with Crippen LogP contribution in [0, 0.1) is 6.92 Å². The number of para-hydroxylation sites is 1. The number of hydrogen-bond donors (Lipinski definition) is 2. The Morgan fingerprint density at radius 2 is 1.78 bits per heavy atom. The average Bonchev–Trinajstić information content (AvgIpc) is 3.65. The molecule has 3 aromatic rings. The maximum Gasteiger partial charge on any atom is 0.277 e. The summed E-state index contributed by atoms with van der Waals surface area (Å²) in [6.07, 6.45) is 6.37. The van der Waals surface area contributed by atoms with Gasteiger partial charge < -0.3 is 34.5 Å². The molecule has 0 bridgehead atoms. The predicted octanol–water partition coefficient (Wildman–Crippen LogP) is 4.97. The van der Waals surface area contributed by atoms with Crippen molar-refractivity contribution in [2.24, 2.45) is 0 Å². The lowest BCUT2D eigenvalue weighted by Crippen LogP contribution is -2.47. The van der Waals surface area contributed by atoms with E-state index in [-0.39, 0.29) is 29.3 Å². The van der Waals surface area contributed by atoms with Crippen molar-refractivity contribution in [1.29, 1.82) is 0 Å². The number of piperazine rings is 1. The highest BCUT2D eigenvalue weighted by Crippen LogP contribution is 2.40. The highest BCUT2D eigenvalue weighted by atomic mass is 16.5. The Labute approximate surface area is 270 Å². The molecule has 3 amide bonds. The molecule has 0 atom stereocenters. The van der Waals surface area contributed by atoms with Crippen LogP contribution in [0.25, 0.3) is 0 Å². The number of aryl methyl sites for hydroxylation is 1. The molecule has 46 heavy (non-hydrogen) atoms. The van der Waals surface area contributed by atoms with E-state index in [1.807, 2.05) is 17.9 Å². The van der Waals surface area contributed by atoms with Crippen LogP contribution in [0.5, 0.6) is 5.75 Å². The highest BCUT2D eigenvalue weighted by Gasteiger charge is 2.30. The first-order chi connectivity index (χ1) is 22.4. The minimum Gasteiger partial charge on any atom is -0.493 e. The van der Waals surface area contributed by atoms with E-state index in [0.717, 1.165) is 64.1 Å². The molecule has 0 radical (unpaired) electrons. The molecule has 1 aromatic heterocycles. The molecule has 1 aliphatic carbocycles. The molecule has 1 saturated carbocycles. The van der Waals surface area contributed by atoms with Gasteiger partial charge in [0.15, 0.2) is 11.6 Å². The SMILES string of the molecule is CCCOc1cc(N2CCN(c3ccccc3C)CC2)c(NC(=O)c2coc(C3CC3)n2)cc1C(=O)NCCCN1CCCC1=O. The highest BCUT2D eigenvalue weighted by molar-refractivity contribution is 6.07. The Kier molecular flexibility index (Phi) is 9.75. The standard InChI is InChI=1S/C35H44N6O5/c1-3-20-45-31-22-30(40-18-16-39(17-19-40)29-9-5-4-8-24(29)2)27(37-34(44)28-23-46-35(38-28)25-11-12-25)21-26(31)33(43)36-13-7-15-41-14-6-10-32(41)42/h4-5,8-9,21-23,25H,3,6-7,10-20H2,1-2H3,(H,36,43)(H,37,44). The summed E-state index contributed by atoms with van der Waals surface area (Å²) in [5.74, 6) is 0.851. The van der Waals surface area contributed by atoms with Gasteiger partial charge in [0.05, 0.1) is 23.5 Å². The van der Waals surface area contributed by atoms with Crippen molar-refractivity contribution in [3.63, 3.8) is 0 Å². The number of rotatable bonds is 13. The van der Waals surface area contributed by atoms with Crippen LogP contribution < -0.4 is 25.2 Å². The van der Waals surface area contributed by atoms with Gasteiger partial charge in [-0.25, -0.2) is 4.98 Å². The van der Waals surface area contributed by atoms with Gasteiger partial charge in [-0.05, 0) is 56.7 Å². The molecule has 2 saturated heterocycles. The number of nitrogens with zero attached hydrogens (tertiary/aromatic N) is 4. The maximum atomic E-state index is 13.6. The summed E-state index contributed by atoms with van der Waals surface area (Å²) >= 11 is 0. The minimum absolute atomic E-state index is 0.175. The number of hydrogen-bond acceptors (Lipinski definition) is 8. The number of oxazole rings is 1. The van der Waals surface area contributed by atoms with Gasteiger partial charge in [0.1, 0.15) is 12.0 Å². The van der Waals surface area contributed by atoms with Crippen molar-refractivity contribution in [3.05, 3.63) is 65.4 Å². The second-order valence-corrected chi connectivity index (χ2v) is 12.4. The van der Waals surface area contributed by atoms with Gasteiger partial charge in [-0.3, -0.25) is 14.4 Å². The number of likely N-dealkylation sites (tertiary alicyclic amines) is 1.